The number of nitro groups is 1. The first kappa shape index (κ1) is 14.1. The summed E-state index contributed by atoms with van der Waals surface area (Å²) in [7, 11) is 0. The van der Waals surface area contributed by atoms with Crippen LogP contribution < -0.4 is 11.1 Å². The van der Waals surface area contributed by atoms with Crippen LogP contribution in [0.1, 0.15) is 0 Å². The Kier molecular flexibility index (Phi) is 3.79. The Morgan fingerprint density at radius 2 is 2.15 bits per heavy atom. The molecule has 6 N–H and O–H groups in total. The molecule has 1 aliphatic rings. The van der Waals surface area contributed by atoms with E-state index < -0.39 is 35.5 Å². The molecular formula is C10H13N5O5. The van der Waals surface area contributed by atoms with E-state index in [0.29, 0.717) is 0 Å². The summed E-state index contributed by atoms with van der Waals surface area (Å²) in [5.41, 5.74) is 5.12. The molecule has 0 spiro atoms. The van der Waals surface area contributed by atoms with Crippen molar-refractivity contribution in [3.8, 4) is 0 Å². The van der Waals surface area contributed by atoms with Gasteiger partial charge in [0.1, 0.15) is 18.5 Å². The van der Waals surface area contributed by atoms with Crippen molar-refractivity contribution < 1.29 is 20.2 Å². The summed E-state index contributed by atoms with van der Waals surface area (Å²) >= 11 is 0. The molecule has 1 aromatic rings. The highest BCUT2D eigenvalue weighted by molar-refractivity contribution is 5.68. The van der Waals surface area contributed by atoms with Crippen molar-refractivity contribution in [2.75, 3.05) is 17.7 Å². The van der Waals surface area contributed by atoms with Gasteiger partial charge in [-0.15, -0.1) is 0 Å². The first-order valence-electron chi connectivity index (χ1n) is 5.64. The van der Waals surface area contributed by atoms with Crippen molar-refractivity contribution >= 4 is 17.3 Å². The van der Waals surface area contributed by atoms with Crippen LogP contribution in [0.3, 0.4) is 0 Å². The van der Waals surface area contributed by atoms with Gasteiger partial charge in [0.05, 0.1) is 17.6 Å². The molecule has 0 bridgehead atoms. The molecule has 10 heteroatoms. The van der Waals surface area contributed by atoms with E-state index in [0.717, 1.165) is 6.33 Å². The van der Waals surface area contributed by atoms with E-state index in [-0.39, 0.29) is 17.2 Å². The Balaban J connectivity index is 2.30. The summed E-state index contributed by atoms with van der Waals surface area (Å²) < 4.78 is 0. The minimum absolute atomic E-state index is 0.172. The summed E-state index contributed by atoms with van der Waals surface area (Å²) in [5, 5.41) is 42.0. The van der Waals surface area contributed by atoms with Crippen LogP contribution in [-0.4, -0.2) is 55.1 Å². The number of nitrogens with zero attached hydrogens (tertiary/aromatic N) is 3. The normalized spacial score (nSPS) is 25.4. The summed E-state index contributed by atoms with van der Waals surface area (Å²) in [6.45, 7) is -0.426. The highest BCUT2D eigenvalue weighted by Gasteiger charge is 2.35. The number of aliphatic hydroxyl groups excluding tert-OH is 3. The third-order valence-corrected chi connectivity index (χ3v) is 2.98. The Morgan fingerprint density at radius 3 is 2.70 bits per heavy atom. The lowest BCUT2D eigenvalue weighted by Gasteiger charge is -2.18. The van der Waals surface area contributed by atoms with E-state index >= 15 is 0 Å². The van der Waals surface area contributed by atoms with Crippen molar-refractivity contribution in [2.45, 2.75) is 18.2 Å². The fourth-order valence-corrected chi connectivity index (χ4v) is 1.95. The summed E-state index contributed by atoms with van der Waals surface area (Å²) in [5.74, 6) is -0.485. The largest absolute Gasteiger partial charge is 0.392 e. The van der Waals surface area contributed by atoms with E-state index in [9.17, 15) is 20.3 Å². The third kappa shape index (κ3) is 2.39. The molecule has 0 fully saturated rings. The van der Waals surface area contributed by atoms with Crippen LogP contribution in [0.15, 0.2) is 18.0 Å². The number of aromatic nitrogens is 2. The van der Waals surface area contributed by atoms with Gasteiger partial charge in [0.2, 0.25) is 11.6 Å². The topological polar surface area (TPSA) is 168 Å². The van der Waals surface area contributed by atoms with Crippen molar-refractivity contribution in [1.29, 1.82) is 0 Å². The number of nitrogen functional groups attached to an aromatic ring is 1. The molecule has 0 saturated carbocycles. The molecule has 0 radical (unpaired) electrons. The number of hydrogen-bond donors (Lipinski definition) is 5. The lowest BCUT2D eigenvalue weighted by Crippen LogP contribution is -2.36. The quantitative estimate of drug-likeness (QED) is 0.248. The van der Waals surface area contributed by atoms with Crippen LogP contribution in [0.2, 0.25) is 0 Å². The van der Waals surface area contributed by atoms with E-state index in [4.69, 9.17) is 10.8 Å². The molecule has 108 valence electrons. The summed E-state index contributed by atoms with van der Waals surface area (Å²) in [6, 6.07) is -0.833. The molecule has 1 aromatic heterocycles. The monoisotopic (exact) mass is 283 g/mol. The van der Waals surface area contributed by atoms with Crippen LogP contribution in [0, 0.1) is 10.1 Å². The Hall–Kier alpha value is -2.30. The van der Waals surface area contributed by atoms with Gasteiger partial charge in [-0.05, 0) is 5.57 Å². The molecule has 10 nitrogen and oxygen atoms in total. The lowest BCUT2D eigenvalue weighted by atomic mass is 10.1. The zero-order valence-electron chi connectivity index (χ0n) is 10.2. The predicted octanol–water partition coefficient (Wildman–Crippen LogP) is -1.60. The first-order valence-corrected chi connectivity index (χ1v) is 5.64. The van der Waals surface area contributed by atoms with Crippen molar-refractivity contribution in [2.24, 2.45) is 0 Å². The van der Waals surface area contributed by atoms with Crippen LogP contribution in [-0.2, 0) is 0 Å². The SMILES string of the molecule is Nc1ncnc(N[C@@H]2C=C(CO)[C@@H](O)[C@H]2O)c1[N+](=O)[O-]. The molecule has 0 aromatic carbocycles. The third-order valence-electron chi connectivity index (χ3n) is 2.98. The summed E-state index contributed by atoms with van der Waals surface area (Å²) in [4.78, 5) is 17.4. The molecular weight excluding hydrogens is 270 g/mol. The number of nitrogens with two attached hydrogens (primary N) is 1. The van der Waals surface area contributed by atoms with E-state index in [1.807, 2.05) is 0 Å². The van der Waals surface area contributed by atoms with Gasteiger partial charge in [-0.3, -0.25) is 10.1 Å². The van der Waals surface area contributed by atoms with E-state index in [1.165, 1.54) is 6.08 Å². The zero-order valence-corrected chi connectivity index (χ0v) is 10.2. The molecule has 3 atom stereocenters. The molecule has 2 rings (SSSR count). The predicted molar refractivity (Wildman–Crippen MR) is 67.7 cm³/mol. The van der Waals surface area contributed by atoms with Crippen LogP contribution in [0.5, 0.6) is 0 Å². The molecule has 1 heterocycles. The Bertz CT molecular complexity index is 563. The number of nitrogens with one attached hydrogen (secondary N) is 1. The van der Waals surface area contributed by atoms with Gasteiger partial charge in [0.25, 0.3) is 0 Å². The second-order valence-electron chi connectivity index (χ2n) is 4.22. The summed E-state index contributed by atoms with van der Waals surface area (Å²) in [6.07, 6.45) is -0.0696. The van der Waals surface area contributed by atoms with E-state index in [2.05, 4.69) is 15.3 Å². The fourth-order valence-electron chi connectivity index (χ4n) is 1.95. The molecule has 20 heavy (non-hydrogen) atoms. The maximum atomic E-state index is 10.9. The number of anilines is 2. The van der Waals surface area contributed by atoms with Crippen molar-refractivity contribution in [1.82, 2.24) is 9.97 Å². The number of rotatable bonds is 4. The van der Waals surface area contributed by atoms with Crippen LogP contribution in [0.4, 0.5) is 17.3 Å². The van der Waals surface area contributed by atoms with Crippen molar-refractivity contribution in [3.05, 3.63) is 28.1 Å². The highest BCUT2D eigenvalue weighted by Crippen LogP contribution is 2.29. The maximum absolute atomic E-state index is 10.9. The average Bonchev–Trinajstić information content (AvgIpc) is 2.66. The van der Waals surface area contributed by atoms with Crippen LogP contribution in [0.25, 0.3) is 0 Å². The molecule has 0 unspecified atom stereocenters. The maximum Gasteiger partial charge on any atom is 0.353 e. The zero-order chi connectivity index (χ0) is 14.9. The van der Waals surface area contributed by atoms with Gasteiger partial charge in [-0.25, -0.2) is 9.97 Å². The van der Waals surface area contributed by atoms with E-state index in [1.54, 1.807) is 0 Å². The Labute approximate surface area is 112 Å². The Morgan fingerprint density at radius 1 is 1.45 bits per heavy atom. The van der Waals surface area contributed by atoms with Gasteiger partial charge in [0.15, 0.2) is 0 Å². The second-order valence-corrected chi connectivity index (χ2v) is 4.22. The van der Waals surface area contributed by atoms with Gasteiger partial charge in [0, 0.05) is 0 Å². The smallest absolute Gasteiger partial charge is 0.353 e. The second kappa shape index (κ2) is 5.36. The van der Waals surface area contributed by atoms with Crippen LogP contribution >= 0.6 is 0 Å². The number of hydrogen-bond acceptors (Lipinski definition) is 9. The van der Waals surface area contributed by atoms with Crippen molar-refractivity contribution in [3.63, 3.8) is 0 Å². The fraction of sp³-hybridized carbons (Fsp3) is 0.400. The highest BCUT2D eigenvalue weighted by atomic mass is 16.6. The standard InChI is InChI=1S/C10H13N5O5/c11-9-6(15(19)20)10(13-3-12-9)14-5-1-4(2-16)7(17)8(5)18/h1,3,5,7-8,16-18H,2H2,(H3,11,12,13,14)/t5-,7-,8+/m1/s1. The molecule has 0 saturated heterocycles. The first-order chi connectivity index (χ1) is 9.45. The number of aliphatic hydroxyl groups is 3. The van der Waals surface area contributed by atoms with Gasteiger partial charge in [-0.2, -0.15) is 0 Å². The van der Waals surface area contributed by atoms with Gasteiger partial charge in [-0.1, -0.05) is 6.08 Å². The minimum Gasteiger partial charge on any atom is -0.392 e. The molecule has 0 amide bonds. The average molecular weight is 283 g/mol. The lowest BCUT2D eigenvalue weighted by molar-refractivity contribution is -0.383. The van der Waals surface area contributed by atoms with Gasteiger partial charge < -0.3 is 26.4 Å². The minimum atomic E-state index is -1.26. The molecule has 0 aliphatic heterocycles. The van der Waals surface area contributed by atoms with Gasteiger partial charge >= 0.3 is 5.69 Å². The molecule has 1 aliphatic carbocycles.